The highest BCUT2D eigenvalue weighted by molar-refractivity contribution is 5.92. The van der Waals surface area contributed by atoms with Gasteiger partial charge in [-0.3, -0.25) is 0 Å². The van der Waals surface area contributed by atoms with Crippen LogP contribution in [0, 0.1) is 6.92 Å². The third-order valence-electron chi connectivity index (χ3n) is 2.37. The fourth-order valence-electron chi connectivity index (χ4n) is 1.85. The number of carboxylic acid groups (broad SMARTS) is 1. The Morgan fingerprint density at radius 2 is 2.29 bits per heavy atom. The number of carboxylic acids is 1. The summed E-state index contributed by atoms with van der Waals surface area (Å²) < 4.78 is 5.47. The average molecular weight is 192 g/mol. The molecule has 1 heterocycles. The standard InChI is InChI=1S/C11H12O3/c1-6-3-8-5-7(2)14-10(8)9(4-6)11(12)13/h3-4,7H,5H2,1-2H3,(H,12,13)/t7-/m1/s1. The van der Waals surface area contributed by atoms with Crippen LogP contribution in [-0.4, -0.2) is 17.2 Å². The average Bonchev–Trinajstić information content (AvgIpc) is 2.42. The van der Waals surface area contributed by atoms with Gasteiger partial charge in [0, 0.05) is 6.42 Å². The van der Waals surface area contributed by atoms with Crippen LogP contribution >= 0.6 is 0 Å². The molecule has 2 rings (SSSR count). The number of aryl methyl sites for hydroxylation is 1. The zero-order valence-electron chi connectivity index (χ0n) is 8.20. The number of hydrogen-bond acceptors (Lipinski definition) is 2. The van der Waals surface area contributed by atoms with E-state index in [1.165, 1.54) is 0 Å². The summed E-state index contributed by atoms with van der Waals surface area (Å²) in [6.07, 6.45) is 0.891. The second-order valence-electron chi connectivity index (χ2n) is 3.74. The number of rotatable bonds is 1. The van der Waals surface area contributed by atoms with Crippen molar-refractivity contribution < 1.29 is 14.6 Å². The summed E-state index contributed by atoms with van der Waals surface area (Å²) in [7, 11) is 0. The highest BCUT2D eigenvalue weighted by Crippen LogP contribution is 2.33. The van der Waals surface area contributed by atoms with Gasteiger partial charge >= 0.3 is 5.97 Å². The van der Waals surface area contributed by atoms with Crippen LogP contribution in [-0.2, 0) is 6.42 Å². The molecule has 0 saturated heterocycles. The normalized spacial score (nSPS) is 18.9. The summed E-state index contributed by atoms with van der Waals surface area (Å²) >= 11 is 0. The molecule has 0 aromatic heterocycles. The maximum Gasteiger partial charge on any atom is 0.339 e. The summed E-state index contributed by atoms with van der Waals surface area (Å²) in [6.45, 7) is 3.84. The SMILES string of the molecule is Cc1cc2c(c(C(=O)O)c1)O[C@H](C)C2. The van der Waals surface area contributed by atoms with Crippen LogP contribution in [0.15, 0.2) is 12.1 Å². The van der Waals surface area contributed by atoms with E-state index in [1.54, 1.807) is 6.07 Å². The Bertz CT molecular complexity index is 396. The molecular weight excluding hydrogens is 180 g/mol. The largest absolute Gasteiger partial charge is 0.489 e. The van der Waals surface area contributed by atoms with Gasteiger partial charge < -0.3 is 9.84 Å². The minimum atomic E-state index is -0.918. The van der Waals surface area contributed by atoms with Gasteiger partial charge in [-0.15, -0.1) is 0 Å². The first-order chi connectivity index (χ1) is 6.58. The van der Waals surface area contributed by atoms with Crippen molar-refractivity contribution >= 4 is 5.97 Å². The van der Waals surface area contributed by atoms with Crippen LogP contribution in [0.5, 0.6) is 5.75 Å². The second kappa shape index (κ2) is 3.01. The van der Waals surface area contributed by atoms with Gasteiger partial charge in [0.25, 0.3) is 0 Å². The van der Waals surface area contributed by atoms with Gasteiger partial charge in [-0.1, -0.05) is 6.07 Å². The Labute approximate surface area is 82.3 Å². The number of ether oxygens (including phenoxy) is 1. The highest BCUT2D eigenvalue weighted by atomic mass is 16.5. The Hall–Kier alpha value is -1.51. The summed E-state index contributed by atoms with van der Waals surface area (Å²) in [5.74, 6) is -0.366. The second-order valence-corrected chi connectivity index (χ2v) is 3.74. The first-order valence-electron chi connectivity index (χ1n) is 4.61. The molecule has 0 radical (unpaired) electrons. The molecule has 1 aliphatic heterocycles. The molecule has 0 spiro atoms. The third-order valence-corrected chi connectivity index (χ3v) is 2.37. The number of benzene rings is 1. The van der Waals surface area contributed by atoms with Crippen molar-refractivity contribution in [2.24, 2.45) is 0 Å². The maximum absolute atomic E-state index is 10.9. The van der Waals surface area contributed by atoms with Crippen molar-refractivity contribution in [1.29, 1.82) is 0 Å². The van der Waals surface area contributed by atoms with Crippen molar-refractivity contribution in [3.05, 3.63) is 28.8 Å². The van der Waals surface area contributed by atoms with Crippen LogP contribution in [0.4, 0.5) is 0 Å². The van der Waals surface area contributed by atoms with E-state index < -0.39 is 5.97 Å². The molecule has 0 saturated carbocycles. The van der Waals surface area contributed by atoms with E-state index in [0.717, 1.165) is 17.5 Å². The van der Waals surface area contributed by atoms with E-state index in [-0.39, 0.29) is 11.7 Å². The van der Waals surface area contributed by atoms with E-state index in [2.05, 4.69) is 0 Å². The quantitative estimate of drug-likeness (QED) is 0.740. The summed E-state index contributed by atoms with van der Waals surface area (Å²) in [4.78, 5) is 10.9. The maximum atomic E-state index is 10.9. The zero-order chi connectivity index (χ0) is 10.3. The molecule has 14 heavy (non-hydrogen) atoms. The molecule has 74 valence electrons. The molecule has 0 unspecified atom stereocenters. The minimum Gasteiger partial charge on any atom is -0.489 e. The molecule has 1 atom stereocenters. The number of hydrogen-bond donors (Lipinski definition) is 1. The van der Waals surface area contributed by atoms with Gasteiger partial charge in [0.15, 0.2) is 0 Å². The van der Waals surface area contributed by atoms with E-state index in [1.807, 2.05) is 19.9 Å². The van der Waals surface area contributed by atoms with Crippen molar-refractivity contribution in [1.82, 2.24) is 0 Å². The number of fused-ring (bicyclic) bond motifs is 1. The first kappa shape index (κ1) is 9.06. The summed E-state index contributed by atoms with van der Waals surface area (Å²) in [6, 6.07) is 3.64. The van der Waals surface area contributed by atoms with Crippen LogP contribution in [0.2, 0.25) is 0 Å². The molecule has 3 heteroatoms. The lowest BCUT2D eigenvalue weighted by Crippen LogP contribution is -2.07. The lowest BCUT2D eigenvalue weighted by molar-refractivity contribution is 0.0691. The highest BCUT2D eigenvalue weighted by Gasteiger charge is 2.25. The van der Waals surface area contributed by atoms with E-state index in [4.69, 9.17) is 9.84 Å². The minimum absolute atomic E-state index is 0.0879. The van der Waals surface area contributed by atoms with Gasteiger partial charge in [0.1, 0.15) is 17.4 Å². The molecule has 0 aliphatic carbocycles. The van der Waals surface area contributed by atoms with Gasteiger partial charge in [0.05, 0.1) is 0 Å². The van der Waals surface area contributed by atoms with Crippen LogP contribution < -0.4 is 4.74 Å². The van der Waals surface area contributed by atoms with Gasteiger partial charge in [-0.05, 0) is 31.0 Å². The fraction of sp³-hybridized carbons (Fsp3) is 0.364. The Kier molecular flexibility index (Phi) is 1.95. The molecule has 1 aromatic carbocycles. The number of carbonyl (C=O) groups is 1. The van der Waals surface area contributed by atoms with Crippen LogP contribution in [0.3, 0.4) is 0 Å². The molecule has 3 nitrogen and oxygen atoms in total. The first-order valence-corrected chi connectivity index (χ1v) is 4.61. The van der Waals surface area contributed by atoms with Crippen LogP contribution in [0.25, 0.3) is 0 Å². The Balaban J connectivity index is 2.57. The van der Waals surface area contributed by atoms with Crippen molar-refractivity contribution in [3.63, 3.8) is 0 Å². The van der Waals surface area contributed by atoms with Gasteiger partial charge in [0.2, 0.25) is 0 Å². The monoisotopic (exact) mass is 192 g/mol. The summed E-state index contributed by atoms with van der Waals surface area (Å²) in [5.41, 5.74) is 2.26. The Morgan fingerprint density at radius 3 is 2.93 bits per heavy atom. The molecule has 0 bridgehead atoms. The van der Waals surface area contributed by atoms with Crippen molar-refractivity contribution in [3.8, 4) is 5.75 Å². The molecule has 1 aliphatic rings. The van der Waals surface area contributed by atoms with Crippen molar-refractivity contribution in [2.45, 2.75) is 26.4 Å². The lowest BCUT2D eigenvalue weighted by atomic mass is 10.0. The van der Waals surface area contributed by atoms with Crippen molar-refractivity contribution in [2.75, 3.05) is 0 Å². The summed E-state index contributed by atoms with van der Waals surface area (Å²) in [5, 5.41) is 8.98. The Morgan fingerprint density at radius 1 is 1.57 bits per heavy atom. The molecular formula is C11H12O3. The van der Waals surface area contributed by atoms with Gasteiger partial charge in [-0.2, -0.15) is 0 Å². The number of aromatic carboxylic acids is 1. The molecule has 0 fully saturated rings. The third kappa shape index (κ3) is 1.35. The predicted octanol–water partition coefficient (Wildman–Crippen LogP) is 2.02. The van der Waals surface area contributed by atoms with Gasteiger partial charge in [-0.25, -0.2) is 4.79 Å². The van der Waals surface area contributed by atoms with Crippen LogP contribution in [0.1, 0.15) is 28.4 Å². The van der Waals surface area contributed by atoms with E-state index in [9.17, 15) is 4.79 Å². The molecule has 1 N–H and O–H groups in total. The molecule has 0 amide bonds. The lowest BCUT2D eigenvalue weighted by Gasteiger charge is -2.06. The fourth-order valence-corrected chi connectivity index (χ4v) is 1.85. The molecule has 1 aromatic rings. The van der Waals surface area contributed by atoms with E-state index >= 15 is 0 Å². The predicted molar refractivity (Wildman–Crippen MR) is 51.9 cm³/mol. The van der Waals surface area contributed by atoms with E-state index in [0.29, 0.717) is 5.75 Å². The zero-order valence-corrected chi connectivity index (χ0v) is 8.20. The topological polar surface area (TPSA) is 46.5 Å². The smallest absolute Gasteiger partial charge is 0.339 e.